The molecule has 0 aliphatic heterocycles. The Morgan fingerprint density at radius 2 is 1.63 bits per heavy atom. The Hall–Kier alpha value is -0.570. The van der Waals surface area contributed by atoms with Crippen LogP contribution in [0.3, 0.4) is 0 Å². The second kappa shape index (κ2) is 12.5. The van der Waals surface area contributed by atoms with Crippen LogP contribution in [0.25, 0.3) is 0 Å². The third kappa shape index (κ3) is 15.4. The fourth-order valence-corrected chi connectivity index (χ4v) is 1.97. The van der Waals surface area contributed by atoms with E-state index < -0.39 is 0 Å². The smallest absolute Gasteiger partial charge is 0.219 e. The minimum Gasteiger partial charge on any atom is -0.356 e. The summed E-state index contributed by atoms with van der Waals surface area (Å²) in [6.07, 6.45) is 7.60. The molecule has 0 saturated carbocycles. The molecule has 118 valence electrons. The van der Waals surface area contributed by atoms with Crippen LogP contribution in [0, 0.1) is 5.92 Å². The summed E-state index contributed by atoms with van der Waals surface area (Å²) in [4.78, 5) is 11.6. The summed E-state index contributed by atoms with van der Waals surface area (Å²) in [5.41, 5.74) is 0. The van der Waals surface area contributed by atoms with E-state index in [0.29, 0.717) is 12.5 Å². The maximum absolute atomic E-state index is 11.6. The molecule has 0 unspecified atom stereocenters. The molecule has 0 bridgehead atoms. The van der Waals surface area contributed by atoms with Gasteiger partial charge in [0.05, 0.1) is 0 Å². The van der Waals surface area contributed by atoms with E-state index in [-0.39, 0.29) is 8.76 Å². The molecule has 0 spiro atoms. The van der Waals surface area contributed by atoms with Crippen LogP contribution in [0.1, 0.15) is 75.5 Å². The molecule has 19 heavy (non-hydrogen) atoms. The summed E-state index contributed by atoms with van der Waals surface area (Å²) in [5, 5.41) is 6.40. The second-order valence-electron chi connectivity index (χ2n) is 6.16. The SMILES string of the molecule is CC(C)CCCCNC(=O)CCCCCNC(C)C.[HH].[HH]. The van der Waals surface area contributed by atoms with E-state index in [0.717, 1.165) is 38.3 Å². The van der Waals surface area contributed by atoms with E-state index in [1.165, 1.54) is 19.3 Å². The van der Waals surface area contributed by atoms with Gasteiger partial charge in [0, 0.05) is 21.9 Å². The largest absolute Gasteiger partial charge is 0.356 e. The molecule has 0 aromatic rings. The summed E-state index contributed by atoms with van der Waals surface area (Å²) < 4.78 is 0. The minimum atomic E-state index is 0. The van der Waals surface area contributed by atoms with Crippen molar-refractivity contribution in [1.82, 2.24) is 10.6 Å². The number of nitrogens with one attached hydrogen (secondary N) is 2. The Labute approximate surface area is 122 Å². The predicted molar refractivity (Wildman–Crippen MR) is 87.5 cm³/mol. The van der Waals surface area contributed by atoms with Crippen molar-refractivity contribution < 1.29 is 7.65 Å². The fourth-order valence-electron chi connectivity index (χ4n) is 1.97. The predicted octanol–water partition coefficient (Wildman–Crippen LogP) is 3.98. The molecule has 0 fully saturated rings. The molecule has 0 aromatic carbocycles. The van der Waals surface area contributed by atoms with Crippen molar-refractivity contribution in [3.8, 4) is 0 Å². The first kappa shape index (κ1) is 18.4. The lowest BCUT2D eigenvalue weighted by Gasteiger charge is -2.08. The number of amides is 1. The molecule has 1 amide bonds. The third-order valence-corrected chi connectivity index (χ3v) is 3.16. The first-order valence-corrected chi connectivity index (χ1v) is 8.02. The van der Waals surface area contributed by atoms with Crippen molar-refractivity contribution in [2.75, 3.05) is 13.1 Å². The van der Waals surface area contributed by atoms with Crippen LogP contribution >= 0.6 is 0 Å². The van der Waals surface area contributed by atoms with E-state index in [1.54, 1.807) is 0 Å². The van der Waals surface area contributed by atoms with E-state index >= 15 is 0 Å². The van der Waals surface area contributed by atoms with E-state index in [9.17, 15) is 4.79 Å². The first-order chi connectivity index (χ1) is 9.02. The average molecular weight is 274 g/mol. The summed E-state index contributed by atoms with van der Waals surface area (Å²) in [5.74, 6) is 0.997. The zero-order valence-corrected chi connectivity index (χ0v) is 13.4. The van der Waals surface area contributed by atoms with Gasteiger partial charge in [-0.2, -0.15) is 0 Å². The number of rotatable bonds is 12. The quantitative estimate of drug-likeness (QED) is 0.529. The molecule has 3 heteroatoms. The van der Waals surface area contributed by atoms with Crippen molar-refractivity contribution >= 4 is 5.91 Å². The van der Waals surface area contributed by atoms with Crippen molar-refractivity contribution in [1.29, 1.82) is 0 Å². The number of hydrogen-bond donors (Lipinski definition) is 2. The van der Waals surface area contributed by atoms with Crippen LogP contribution in [0.5, 0.6) is 0 Å². The maximum Gasteiger partial charge on any atom is 0.219 e. The highest BCUT2D eigenvalue weighted by Crippen LogP contribution is 2.05. The Kier molecular flexibility index (Phi) is 12.1. The van der Waals surface area contributed by atoms with Crippen LogP contribution < -0.4 is 10.6 Å². The molecule has 0 aliphatic carbocycles. The van der Waals surface area contributed by atoms with Gasteiger partial charge in [-0.1, -0.05) is 47.0 Å². The highest BCUT2D eigenvalue weighted by molar-refractivity contribution is 5.75. The lowest BCUT2D eigenvalue weighted by molar-refractivity contribution is -0.121. The first-order valence-electron chi connectivity index (χ1n) is 8.02. The van der Waals surface area contributed by atoms with Gasteiger partial charge in [-0.05, 0) is 31.7 Å². The molecule has 0 radical (unpaired) electrons. The van der Waals surface area contributed by atoms with Crippen LogP contribution in [0.2, 0.25) is 0 Å². The van der Waals surface area contributed by atoms with Gasteiger partial charge >= 0.3 is 0 Å². The van der Waals surface area contributed by atoms with Gasteiger partial charge in [0.15, 0.2) is 0 Å². The zero-order chi connectivity index (χ0) is 14.5. The van der Waals surface area contributed by atoms with Gasteiger partial charge in [-0.3, -0.25) is 4.79 Å². The van der Waals surface area contributed by atoms with Crippen molar-refractivity contribution in [3.05, 3.63) is 0 Å². The van der Waals surface area contributed by atoms with Crippen LogP contribution in [0.15, 0.2) is 0 Å². The van der Waals surface area contributed by atoms with Gasteiger partial charge in [0.25, 0.3) is 0 Å². The molecule has 0 heterocycles. The second-order valence-corrected chi connectivity index (χ2v) is 6.16. The van der Waals surface area contributed by atoms with Gasteiger partial charge < -0.3 is 10.6 Å². The number of unbranched alkanes of at least 4 members (excludes halogenated alkanes) is 3. The van der Waals surface area contributed by atoms with Crippen molar-refractivity contribution in [3.63, 3.8) is 0 Å². The van der Waals surface area contributed by atoms with Gasteiger partial charge in [0.1, 0.15) is 0 Å². The third-order valence-electron chi connectivity index (χ3n) is 3.16. The monoisotopic (exact) mass is 274 g/mol. The van der Waals surface area contributed by atoms with E-state index in [2.05, 4.69) is 38.3 Å². The Bertz CT molecular complexity index is 224. The fraction of sp³-hybridized carbons (Fsp3) is 0.938. The molecule has 0 rings (SSSR count). The summed E-state index contributed by atoms with van der Waals surface area (Å²) in [6, 6.07) is 0.564. The van der Waals surface area contributed by atoms with E-state index in [4.69, 9.17) is 0 Å². The number of hydrogen-bond acceptors (Lipinski definition) is 2. The Balaban J connectivity index is -0.00000162. The topological polar surface area (TPSA) is 41.1 Å². The Morgan fingerprint density at radius 1 is 0.947 bits per heavy atom. The van der Waals surface area contributed by atoms with Gasteiger partial charge in [-0.25, -0.2) is 0 Å². The molecule has 3 nitrogen and oxygen atoms in total. The minimum absolute atomic E-state index is 0. The van der Waals surface area contributed by atoms with Gasteiger partial charge in [-0.15, -0.1) is 0 Å². The Morgan fingerprint density at radius 3 is 2.26 bits per heavy atom. The van der Waals surface area contributed by atoms with E-state index in [1.807, 2.05) is 0 Å². The van der Waals surface area contributed by atoms with Gasteiger partial charge in [0.2, 0.25) is 5.91 Å². The summed E-state index contributed by atoms with van der Waals surface area (Å²) in [6.45, 7) is 10.7. The maximum atomic E-state index is 11.6. The number of carbonyl (C=O) groups excluding carboxylic acids is 1. The van der Waals surface area contributed by atoms with Crippen molar-refractivity contribution in [2.24, 2.45) is 5.92 Å². The highest BCUT2D eigenvalue weighted by atomic mass is 16.1. The normalized spacial score (nSPS) is 11.3. The molecule has 0 atom stereocenters. The molecule has 0 aromatic heterocycles. The van der Waals surface area contributed by atoms with Crippen LogP contribution in [-0.4, -0.2) is 25.0 Å². The highest BCUT2D eigenvalue weighted by Gasteiger charge is 2.01. The molecule has 0 saturated heterocycles. The zero-order valence-electron chi connectivity index (χ0n) is 13.4. The average Bonchev–Trinajstić information content (AvgIpc) is 2.32. The lowest BCUT2D eigenvalue weighted by atomic mass is 10.1. The molecular weight excluding hydrogens is 236 g/mol. The molecule has 2 N–H and O–H groups in total. The molecule has 0 aliphatic rings. The van der Waals surface area contributed by atoms with Crippen LogP contribution in [0.4, 0.5) is 0 Å². The van der Waals surface area contributed by atoms with Crippen LogP contribution in [-0.2, 0) is 4.79 Å². The summed E-state index contributed by atoms with van der Waals surface area (Å²) in [7, 11) is 0. The lowest BCUT2D eigenvalue weighted by Crippen LogP contribution is -2.25. The standard InChI is InChI=1S/C16H34N2O.2H2/c1-14(2)10-7-9-13-18-16(19)11-6-5-8-12-17-15(3)4;;/h14-15,17H,5-13H2,1-4H3,(H,18,19);2*1H. The summed E-state index contributed by atoms with van der Waals surface area (Å²) >= 11 is 0. The molecular formula is C16H38N2O. The number of carbonyl (C=O) groups is 1. The van der Waals surface area contributed by atoms with Crippen molar-refractivity contribution in [2.45, 2.75) is 78.7 Å².